The number of benzene rings is 1. The van der Waals surface area contributed by atoms with Gasteiger partial charge in [-0.25, -0.2) is 9.48 Å². The van der Waals surface area contributed by atoms with Gasteiger partial charge in [-0.3, -0.25) is 0 Å². The van der Waals surface area contributed by atoms with E-state index in [-0.39, 0.29) is 11.4 Å². The number of aromatic nitrogens is 2. The molecule has 2 rings (SSSR count). The molecule has 1 N–H and O–H groups in total. The average Bonchev–Trinajstić information content (AvgIpc) is 2.75. The number of carboxylic acids is 1. The molecule has 0 radical (unpaired) electrons. The van der Waals surface area contributed by atoms with Crippen molar-refractivity contribution in [2.45, 2.75) is 6.54 Å². The van der Waals surface area contributed by atoms with Crippen LogP contribution in [0.5, 0.6) is 5.88 Å². The molecular formula is C12H11ClN2O3. The van der Waals surface area contributed by atoms with E-state index in [1.165, 1.54) is 18.0 Å². The summed E-state index contributed by atoms with van der Waals surface area (Å²) in [5.74, 6) is -0.861. The summed E-state index contributed by atoms with van der Waals surface area (Å²) in [5, 5.41) is 13.6. The largest absolute Gasteiger partial charge is 0.481 e. The molecule has 0 spiro atoms. The molecule has 18 heavy (non-hydrogen) atoms. The molecule has 0 unspecified atom stereocenters. The summed E-state index contributed by atoms with van der Waals surface area (Å²) in [6, 6.07) is 7.30. The van der Waals surface area contributed by atoms with Crippen molar-refractivity contribution in [1.29, 1.82) is 0 Å². The van der Waals surface area contributed by atoms with Gasteiger partial charge < -0.3 is 9.84 Å². The Labute approximate surface area is 109 Å². The van der Waals surface area contributed by atoms with Gasteiger partial charge in [0, 0.05) is 5.02 Å². The maximum Gasteiger partial charge on any atom is 0.342 e. The summed E-state index contributed by atoms with van der Waals surface area (Å²) >= 11 is 6.04. The van der Waals surface area contributed by atoms with Gasteiger partial charge in [-0.05, 0) is 11.6 Å². The van der Waals surface area contributed by atoms with Crippen LogP contribution >= 0.6 is 11.6 Å². The Morgan fingerprint density at radius 3 is 2.83 bits per heavy atom. The van der Waals surface area contributed by atoms with Gasteiger partial charge in [0.15, 0.2) is 0 Å². The van der Waals surface area contributed by atoms with E-state index in [0.717, 1.165) is 5.56 Å². The Bertz CT molecular complexity index is 580. The van der Waals surface area contributed by atoms with Gasteiger partial charge in [0.25, 0.3) is 0 Å². The molecule has 1 heterocycles. The van der Waals surface area contributed by atoms with Crippen LogP contribution in [-0.4, -0.2) is 28.0 Å². The fourth-order valence-corrected chi connectivity index (χ4v) is 1.83. The number of rotatable bonds is 4. The zero-order chi connectivity index (χ0) is 13.1. The van der Waals surface area contributed by atoms with Crippen molar-refractivity contribution in [3.05, 3.63) is 46.6 Å². The smallest absolute Gasteiger partial charge is 0.342 e. The van der Waals surface area contributed by atoms with Crippen molar-refractivity contribution in [2.75, 3.05) is 7.11 Å². The molecule has 0 aliphatic carbocycles. The van der Waals surface area contributed by atoms with Gasteiger partial charge in [0.2, 0.25) is 5.88 Å². The Balaban J connectivity index is 2.35. The van der Waals surface area contributed by atoms with Crippen molar-refractivity contribution in [2.24, 2.45) is 0 Å². The van der Waals surface area contributed by atoms with Gasteiger partial charge in [0.1, 0.15) is 5.56 Å². The molecule has 0 amide bonds. The lowest BCUT2D eigenvalue weighted by atomic mass is 10.2. The first kappa shape index (κ1) is 12.4. The number of methoxy groups -OCH3 is 1. The molecule has 0 saturated carbocycles. The van der Waals surface area contributed by atoms with Crippen LogP contribution in [0.15, 0.2) is 30.5 Å². The molecule has 94 valence electrons. The summed E-state index contributed by atoms with van der Waals surface area (Å²) in [5.41, 5.74) is 0.877. The molecule has 5 nitrogen and oxygen atoms in total. The molecule has 1 aromatic heterocycles. The predicted molar refractivity (Wildman–Crippen MR) is 66.3 cm³/mol. The average molecular weight is 267 g/mol. The quantitative estimate of drug-likeness (QED) is 0.922. The van der Waals surface area contributed by atoms with E-state index in [2.05, 4.69) is 5.10 Å². The van der Waals surface area contributed by atoms with Crippen LogP contribution in [0, 0.1) is 0 Å². The fourth-order valence-electron chi connectivity index (χ4n) is 1.64. The third-order valence-electron chi connectivity index (χ3n) is 2.49. The number of aromatic carboxylic acids is 1. The van der Waals surface area contributed by atoms with Crippen molar-refractivity contribution >= 4 is 17.6 Å². The van der Waals surface area contributed by atoms with Crippen molar-refractivity contribution < 1.29 is 14.6 Å². The van der Waals surface area contributed by atoms with Gasteiger partial charge in [-0.2, -0.15) is 5.10 Å². The summed E-state index contributed by atoms with van der Waals surface area (Å²) in [7, 11) is 1.41. The highest BCUT2D eigenvalue weighted by atomic mass is 35.5. The molecule has 1 aromatic carbocycles. The highest BCUT2D eigenvalue weighted by Crippen LogP contribution is 2.22. The van der Waals surface area contributed by atoms with Crippen molar-refractivity contribution in [1.82, 2.24) is 9.78 Å². The minimum atomic E-state index is -1.07. The maximum absolute atomic E-state index is 11.0. The van der Waals surface area contributed by atoms with Gasteiger partial charge in [-0.15, -0.1) is 0 Å². The molecule has 0 bridgehead atoms. The summed E-state index contributed by atoms with van der Waals surface area (Å²) in [4.78, 5) is 11.0. The minimum Gasteiger partial charge on any atom is -0.481 e. The normalized spacial score (nSPS) is 10.3. The molecule has 0 aliphatic heterocycles. The van der Waals surface area contributed by atoms with E-state index < -0.39 is 5.97 Å². The Hall–Kier alpha value is -2.01. The number of ether oxygens (including phenoxy) is 1. The van der Waals surface area contributed by atoms with Crippen LogP contribution in [0.3, 0.4) is 0 Å². The number of nitrogens with zero attached hydrogens (tertiary/aromatic N) is 2. The zero-order valence-corrected chi connectivity index (χ0v) is 10.4. The number of hydrogen-bond acceptors (Lipinski definition) is 3. The van der Waals surface area contributed by atoms with E-state index in [9.17, 15) is 4.79 Å². The number of carboxylic acid groups (broad SMARTS) is 1. The highest BCUT2D eigenvalue weighted by Gasteiger charge is 2.17. The van der Waals surface area contributed by atoms with Crippen LogP contribution in [-0.2, 0) is 6.54 Å². The highest BCUT2D eigenvalue weighted by molar-refractivity contribution is 6.31. The van der Waals surface area contributed by atoms with Crippen LogP contribution in [0.25, 0.3) is 0 Å². The van der Waals surface area contributed by atoms with E-state index in [1.807, 2.05) is 18.2 Å². The Kier molecular flexibility index (Phi) is 3.53. The van der Waals surface area contributed by atoms with Crippen LogP contribution in [0.2, 0.25) is 5.02 Å². The van der Waals surface area contributed by atoms with E-state index in [1.54, 1.807) is 6.07 Å². The van der Waals surface area contributed by atoms with Gasteiger partial charge in [-0.1, -0.05) is 29.8 Å². The lowest BCUT2D eigenvalue weighted by Crippen LogP contribution is -2.06. The minimum absolute atomic E-state index is 0.0320. The first-order valence-electron chi connectivity index (χ1n) is 5.20. The predicted octanol–water partition coefficient (Wildman–Crippen LogP) is 2.29. The summed E-state index contributed by atoms with van der Waals surface area (Å²) < 4.78 is 6.53. The second kappa shape index (κ2) is 5.10. The molecular weight excluding hydrogens is 256 g/mol. The number of carbonyl (C=O) groups is 1. The van der Waals surface area contributed by atoms with E-state index in [0.29, 0.717) is 11.6 Å². The molecule has 0 atom stereocenters. The van der Waals surface area contributed by atoms with Crippen molar-refractivity contribution in [3.8, 4) is 5.88 Å². The molecule has 6 heteroatoms. The lowest BCUT2D eigenvalue weighted by Gasteiger charge is -2.08. The van der Waals surface area contributed by atoms with Crippen LogP contribution < -0.4 is 4.74 Å². The van der Waals surface area contributed by atoms with E-state index in [4.69, 9.17) is 21.4 Å². The van der Waals surface area contributed by atoms with Gasteiger partial charge in [0.05, 0.1) is 19.9 Å². The molecule has 0 fully saturated rings. The SMILES string of the molecule is COc1c(C(=O)O)cnn1Cc1ccccc1Cl. The summed E-state index contributed by atoms with van der Waals surface area (Å²) in [6.45, 7) is 0.357. The zero-order valence-electron chi connectivity index (χ0n) is 9.63. The topological polar surface area (TPSA) is 64.3 Å². The monoisotopic (exact) mass is 266 g/mol. The van der Waals surface area contributed by atoms with E-state index >= 15 is 0 Å². The lowest BCUT2D eigenvalue weighted by molar-refractivity contribution is 0.0693. The molecule has 0 aliphatic rings. The Morgan fingerprint density at radius 1 is 1.50 bits per heavy atom. The second-order valence-corrected chi connectivity index (χ2v) is 4.03. The first-order valence-corrected chi connectivity index (χ1v) is 5.57. The van der Waals surface area contributed by atoms with Gasteiger partial charge >= 0.3 is 5.97 Å². The first-order chi connectivity index (χ1) is 8.63. The summed E-state index contributed by atoms with van der Waals surface area (Å²) in [6.07, 6.45) is 1.26. The second-order valence-electron chi connectivity index (χ2n) is 3.62. The third kappa shape index (κ3) is 2.31. The number of hydrogen-bond donors (Lipinski definition) is 1. The standard InChI is InChI=1S/C12H11ClN2O3/c1-18-11-9(12(16)17)6-14-15(11)7-8-4-2-3-5-10(8)13/h2-6H,7H2,1H3,(H,16,17). The third-order valence-corrected chi connectivity index (χ3v) is 2.86. The van der Waals surface area contributed by atoms with Crippen molar-refractivity contribution in [3.63, 3.8) is 0 Å². The molecule has 2 aromatic rings. The maximum atomic E-state index is 11.0. The number of halogens is 1. The fraction of sp³-hybridized carbons (Fsp3) is 0.167. The van der Waals surface area contributed by atoms with Crippen LogP contribution in [0.1, 0.15) is 15.9 Å². The van der Waals surface area contributed by atoms with Crippen LogP contribution in [0.4, 0.5) is 0 Å². The Morgan fingerprint density at radius 2 is 2.22 bits per heavy atom. The molecule has 0 saturated heterocycles.